The first-order valence-corrected chi connectivity index (χ1v) is 4.25. The molecule has 0 radical (unpaired) electrons. The van der Waals surface area contributed by atoms with Gasteiger partial charge in [-0.05, 0) is 26.3 Å². The number of allylic oxidation sites excluding steroid dienone is 1. The van der Waals surface area contributed by atoms with Crippen molar-refractivity contribution in [2.45, 2.75) is 32.6 Å². The summed E-state index contributed by atoms with van der Waals surface area (Å²) in [5.41, 5.74) is 5.35. The molecule has 0 aliphatic carbocycles. The molecule has 0 atom stereocenters. The first kappa shape index (κ1) is 10.5. The van der Waals surface area contributed by atoms with Gasteiger partial charge in [0, 0.05) is 0 Å². The highest BCUT2D eigenvalue weighted by Crippen LogP contribution is 2.00. The SMILES string of the molecule is C=C(C)OCCCCCCN. The first-order chi connectivity index (χ1) is 5.27. The summed E-state index contributed by atoms with van der Waals surface area (Å²) in [6, 6.07) is 0. The standard InChI is InChI=1S/C9H19NO/c1-9(2)11-8-6-4-3-5-7-10/h1,3-8,10H2,2H3. The van der Waals surface area contributed by atoms with E-state index in [0.29, 0.717) is 0 Å². The number of hydrogen-bond acceptors (Lipinski definition) is 2. The number of nitrogens with two attached hydrogens (primary N) is 1. The predicted octanol–water partition coefficient (Wildman–Crippen LogP) is 2.06. The molecule has 66 valence electrons. The predicted molar refractivity (Wildman–Crippen MR) is 48.3 cm³/mol. The molecule has 0 unspecified atom stereocenters. The Morgan fingerprint density at radius 3 is 2.45 bits per heavy atom. The molecule has 0 aromatic rings. The van der Waals surface area contributed by atoms with Crippen LogP contribution >= 0.6 is 0 Å². The molecular weight excluding hydrogens is 138 g/mol. The van der Waals surface area contributed by atoms with E-state index < -0.39 is 0 Å². The maximum Gasteiger partial charge on any atom is 0.0876 e. The van der Waals surface area contributed by atoms with Crippen molar-refractivity contribution in [3.05, 3.63) is 12.3 Å². The first-order valence-electron chi connectivity index (χ1n) is 4.25. The average molecular weight is 157 g/mol. The van der Waals surface area contributed by atoms with E-state index in [1.54, 1.807) is 0 Å². The molecule has 0 saturated carbocycles. The van der Waals surface area contributed by atoms with E-state index in [1.807, 2.05) is 6.92 Å². The van der Waals surface area contributed by atoms with Crippen LogP contribution < -0.4 is 5.73 Å². The van der Waals surface area contributed by atoms with Crippen LogP contribution in [0.5, 0.6) is 0 Å². The second kappa shape index (κ2) is 7.61. The van der Waals surface area contributed by atoms with Gasteiger partial charge in [-0.25, -0.2) is 0 Å². The third-order valence-corrected chi connectivity index (χ3v) is 1.45. The summed E-state index contributed by atoms with van der Waals surface area (Å²) in [5, 5.41) is 0. The topological polar surface area (TPSA) is 35.2 Å². The minimum Gasteiger partial charge on any atom is -0.499 e. The molecule has 2 heteroatoms. The Labute approximate surface area is 69.4 Å². The van der Waals surface area contributed by atoms with Gasteiger partial charge in [0.2, 0.25) is 0 Å². The largest absolute Gasteiger partial charge is 0.499 e. The molecule has 0 heterocycles. The molecule has 2 N–H and O–H groups in total. The number of rotatable bonds is 7. The van der Waals surface area contributed by atoms with Crippen LogP contribution in [0.3, 0.4) is 0 Å². The third kappa shape index (κ3) is 9.50. The van der Waals surface area contributed by atoms with Crippen molar-refractivity contribution in [3.8, 4) is 0 Å². The monoisotopic (exact) mass is 157 g/mol. The van der Waals surface area contributed by atoms with Gasteiger partial charge in [-0.1, -0.05) is 19.4 Å². The van der Waals surface area contributed by atoms with Crippen molar-refractivity contribution in [2.24, 2.45) is 5.73 Å². The van der Waals surface area contributed by atoms with Crippen LogP contribution in [0.2, 0.25) is 0 Å². The van der Waals surface area contributed by atoms with Crippen LogP contribution in [0.4, 0.5) is 0 Å². The van der Waals surface area contributed by atoms with Crippen LogP contribution in [0.25, 0.3) is 0 Å². The second-order valence-corrected chi connectivity index (χ2v) is 2.75. The van der Waals surface area contributed by atoms with Crippen LogP contribution in [0, 0.1) is 0 Å². The third-order valence-electron chi connectivity index (χ3n) is 1.45. The van der Waals surface area contributed by atoms with E-state index in [1.165, 1.54) is 12.8 Å². The minimum absolute atomic E-state index is 0.805. The molecule has 0 amide bonds. The molecule has 0 aromatic heterocycles. The lowest BCUT2D eigenvalue weighted by molar-refractivity contribution is 0.208. The Morgan fingerprint density at radius 2 is 1.91 bits per heavy atom. The lowest BCUT2D eigenvalue weighted by Crippen LogP contribution is -1.98. The molecule has 0 aliphatic heterocycles. The fourth-order valence-electron chi connectivity index (χ4n) is 0.846. The van der Waals surface area contributed by atoms with Crippen molar-refractivity contribution in [3.63, 3.8) is 0 Å². The van der Waals surface area contributed by atoms with E-state index in [0.717, 1.165) is 31.8 Å². The van der Waals surface area contributed by atoms with Gasteiger partial charge < -0.3 is 10.5 Å². The van der Waals surface area contributed by atoms with Crippen molar-refractivity contribution < 1.29 is 4.74 Å². The molecule has 0 bridgehead atoms. The van der Waals surface area contributed by atoms with E-state index in [-0.39, 0.29) is 0 Å². The molecule has 0 rings (SSSR count). The fourth-order valence-corrected chi connectivity index (χ4v) is 0.846. The quantitative estimate of drug-likeness (QED) is 0.453. The minimum atomic E-state index is 0.805. The summed E-state index contributed by atoms with van der Waals surface area (Å²) >= 11 is 0. The van der Waals surface area contributed by atoms with Crippen LogP contribution in [-0.4, -0.2) is 13.2 Å². The Hall–Kier alpha value is -0.500. The maximum absolute atomic E-state index is 5.35. The highest BCUT2D eigenvalue weighted by atomic mass is 16.5. The lowest BCUT2D eigenvalue weighted by atomic mass is 10.2. The van der Waals surface area contributed by atoms with Gasteiger partial charge in [0.25, 0.3) is 0 Å². The number of hydrogen-bond donors (Lipinski definition) is 1. The Bertz CT molecular complexity index is 102. The van der Waals surface area contributed by atoms with E-state index >= 15 is 0 Å². The fraction of sp³-hybridized carbons (Fsp3) is 0.778. The highest BCUT2D eigenvalue weighted by Gasteiger charge is 1.89. The van der Waals surface area contributed by atoms with Gasteiger partial charge in [-0.15, -0.1) is 0 Å². The van der Waals surface area contributed by atoms with Crippen molar-refractivity contribution in [1.82, 2.24) is 0 Å². The molecule has 0 aromatic carbocycles. The van der Waals surface area contributed by atoms with E-state index in [4.69, 9.17) is 10.5 Å². The number of ether oxygens (including phenoxy) is 1. The molecule has 11 heavy (non-hydrogen) atoms. The summed E-state index contributed by atoms with van der Waals surface area (Å²) in [5.74, 6) is 0.809. The zero-order valence-corrected chi connectivity index (χ0v) is 7.44. The maximum atomic E-state index is 5.35. The summed E-state index contributed by atoms with van der Waals surface area (Å²) in [4.78, 5) is 0. The van der Waals surface area contributed by atoms with Gasteiger partial charge in [0.15, 0.2) is 0 Å². The zero-order chi connectivity index (χ0) is 8.53. The molecule has 0 spiro atoms. The average Bonchev–Trinajstić information content (AvgIpc) is 1.96. The second-order valence-electron chi connectivity index (χ2n) is 2.75. The van der Waals surface area contributed by atoms with Crippen LogP contribution in [0.15, 0.2) is 12.3 Å². The molecule has 0 saturated heterocycles. The van der Waals surface area contributed by atoms with Gasteiger partial charge in [-0.2, -0.15) is 0 Å². The van der Waals surface area contributed by atoms with Gasteiger partial charge >= 0.3 is 0 Å². The Kier molecular flexibility index (Phi) is 7.26. The van der Waals surface area contributed by atoms with Gasteiger partial charge in [0.05, 0.1) is 12.4 Å². The highest BCUT2D eigenvalue weighted by molar-refractivity contribution is 4.73. The number of unbranched alkanes of at least 4 members (excludes halogenated alkanes) is 3. The molecule has 2 nitrogen and oxygen atoms in total. The van der Waals surface area contributed by atoms with E-state index in [2.05, 4.69) is 6.58 Å². The molecular formula is C9H19NO. The Morgan fingerprint density at radius 1 is 1.27 bits per heavy atom. The normalized spacial score (nSPS) is 9.64. The van der Waals surface area contributed by atoms with E-state index in [9.17, 15) is 0 Å². The summed E-state index contributed by atoms with van der Waals surface area (Å²) in [6.07, 6.45) is 4.68. The van der Waals surface area contributed by atoms with Crippen LogP contribution in [0.1, 0.15) is 32.6 Å². The van der Waals surface area contributed by atoms with Crippen molar-refractivity contribution >= 4 is 0 Å². The summed E-state index contributed by atoms with van der Waals surface area (Å²) in [7, 11) is 0. The Balaban J connectivity index is 2.85. The van der Waals surface area contributed by atoms with Crippen molar-refractivity contribution in [1.29, 1.82) is 0 Å². The molecule has 0 aliphatic rings. The zero-order valence-electron chi connectivity index (χ0n) is 7.44. The van der Waals surface area contributed by atoms with Crippen molar-refractivity contribution in [2.75, 3.05) is 13.2 Å². The summed E-state index contributed by atoms with van der Waals surface area (Å²) in [6.45, 7) is 7.13. The molecule has 0 fully saturated rings. The summed E-state index contributed by atoms with van der Waals surface area (Å²) < 4.78 is 5.20. The smallest absolute Gasteiger partial charge is 0.0876 e. The lowest BCUT2D eigenvalue weighted by Gasteiger charge is -2.03. The van der Waals surface area contributed by atoms with Gasteiger partial charge in [-0.3, -0.25) is 0 Å². The van der Waals surface area contributed by atoms with Crippen LogP contribution in [-0.2, 0) is 4.74 Å². The van der Waals surface area contributed by atoms with Gasteiger partial charge in [0.1, 0.15) is 0 Å².